The van der Waals surface area contributed by atoms with Gasteiger partial charge in [-0.3, -0.25) is 0 Å². The molecule has 0 spiro atoms. The van der Waals surface area contributed by atoms with Crippen molar-refractivity contribution in [1.82, 2.24) is 5.32 Å². The summed E-state index contributed by atoms with van der Waals surface area (Å²) in [6.45, 7) is 3.98. The van der Waals surface area contributed by atoms with Crippen molar-refractivity contribution in [3.63, 3.8) is 0 Å². The van der Waals surface area contributed by atoms with Crippen LogP contribution in [0.2, 0.25) is 0 Å². The first-order valence-corrected chi connectivity index (χ1v) is 12.2. The van der Waals surface area contributed by atoms with Gasteiger partial charge in [-0.2, -0.15) is 0 Å². The van der Waals surface area contributed by atoms with Gasteiger partial charge in [-0.05, 0) is 55.2 Å². The van der Waals surface area contributed by atoms with Gasteiger partial charge in [-0.15, -0.1) is 0 Å². The third kappa shape index (κ3) is 3.55. The van der Waals surface area contributed by atoms with Crippen molar-refractivity contribution >= 4 is 38.0 Å². The van der Waals surface area contributed by atoms with Gasteiger partial charge in [-0.1, -0.05) is 128 Å². The molecule has 6 rings (SSSR count). The number of nitrogens with one attached hydrogen (secondary N) is 2. The Balaban J connectivity index is 1.68. The normalized spacial score (nSPS) is 12.0. The van der Waals surface area contributed by atoms with Crippen LogP contribution in [0.3, 0.4) is 0 Å². The zero-order chi connectivity index (χ0) is 24.5. The highest BCUT2D eigenvalue weighted by molar-refractivity contribution is 6.19. The van der Waals surface area contributed by atoms with Gasteiger partial charge in [-0.25, -0.2) is 0 Å². The van der Waals surface area contributed by atoms with Crippen LogP contribution in [0.1, 0.15) is 17.2 Å². The van der Waals surface area contributed by atoms with Crippen LogP contribution in [0, 0.1) is 5.41 Å². The highest BCUT2D eigenvalue weighted by Gasteiger charge is 2.25. The largest absolute Gasteiger partial charge is 0.379 e. The maximum absolute atomic E-state index is 9.47. The molecule has 2 heteroatoms. The zero-order valence-corrected chi connectivity index (χ0v) is 19.9. The topological polar surface area (TPSA) is 35.9 Å². The Kier molecular flexibility index (Phi) is 5.55. The van der Waals surface area contributed by atoms with E-state index in [1.807, 2.05) is 24.3 Å². The van der Waals surface area contributed by atoms with Gasteiger partial charge in [0.1, 0.15) is 0 Å². The Morgan fingerprint density at radius 2 is 1.14 bits per heavy atom. The molecule has 0 saturated heterocycles. The van der Waals surface area contributed by atoms with Gasteiger partial charge in [0.2, 0.25) is 0 Å². The summed E-state index contributed by atoms with van der Waals surface area (Å²) in [6.07, 6.45) is 1.71. The Morgan fingerprint density at radius 3 is 1.78 bits per heavy atom. The molecule has 1 unspecified atom stereocenters. The van der Waals surface area contributed by atoms with E-state index in [9.17, 15) is 5.41 Å². The van der Waals surface area contributed by atoms with E-state index in [1.54, 1.807) is 6.20 Å². The second-order valence-electron chi connectivity index (χ2n) is 8.99. The van der Waals surface area contributed by atoms with Crippen LogP contribution in [0.4, 0.5) is 0 Å². The quantitative estimate of drug-likeness (QED) is 0.188. The fourth-order valence-electron chi connectivity index (χ4n) is 5.43. The molecule has 2 N–H and O–H groups in total. The van der Waals surface area contributed by atoms with Crippen molar-refractivity contribution in [2.24, 2.45) is 0 Å². The Morgan fingerprint density at radius 1 is 0.611 bits per heavy atom. The highest BCUT2D eigenvalue weighted by Crippen LogP contribution is 2.42. The third-order valence-corrected chi connectivity index (χ3v) is 6.98. The molecule has 6 aromatic carbocycles. The summed E-state index contributed by atoms with van der Waals surface area (Å²) >= 11 is 0. The van der Waals surface area contributed by atoms with E-state index < -0.39 is 0 Å². The number of benzene rings is 6. The van der Waals surface area contributed by atoms with Crippen LogP contribution in [-0.2, 0) is 0 Å². The average molecular weight is 463 g/mol. The van der Waals surface area contributed by atoms with E-state index in [1.165, 1.54) is 21.9 Å². The summed E-state index contributed by atoms with van der Waals surface area (Å²) in [7, 11) is 0. The molecule has 0 bridgehead atoms. The fraction of sp³-hybridized carbons (Fsp3) is 0.0294. The van der Waals surface area contributed by atoms with Crippen LogP contribution in [0.25, 0.3) is 43.4 Å². The Hall–Kier alpha value is -4.69. The highest BCUT2D eigenvalue weighted by atomic mass is 14.9. The van der Waals surface area contributed by atoms with Gasteiger partial charge >= 0.3 is 0 Å². The molecule has 0 saturated carbocycles. The number of fused-ring (bicyclic) bond motifs is 3. The molecule has 0 radical (unpaired) electrons. The lowest BCUT2D eigenvalue weighted by molar-refractivity contribution is 0.804. The number of hydrogen-bond donors (Lipinski definition) is 2. The van der Waals surface area contributed by atoms with E-state index >= 15 is 0 Å². The standard InChI is InChI=1S/C34H26N2/c1-2-36-34(33(35)30-22-12-16-23-13-6-7-17-25(23)30)32-28-20-10-8-18-26(28)31(24-14-4-3-5-15-24)27-19-9-11-21-29(27)32/h2-22,34-36H,1H2. The SMILES string of the molecule is C=CNC(C(=N)c1cccc2ccccc12)c1c2ccccc2c(-c2ccccc2)c2ccccc12. The predicted molar refractivity (Wildman–Crippen MR) is 154 cm³/mol. The molecular formula is C34H26N2. The van der Waals surface area contributed by atoms with Gasteiger partial charge in [0.25, 0.3) is 0 Å². The molecule has 1 atom stereocenters. The van der Waals surface area contributed by atoms with Crippen molar-refractivity contribution in [3.05, 3.63) is 145 Å². The van der Waals surface area contributed by atoms with Crippen molar-refractivity contribution in [1.29, 1.82) is 5.41 Å². The lowest BCUT2D eigenvalue weighted by Gasteiger charge is -2.25. The molecule has 0 aliphatic heterocycles. The molecule has 0 amide bonds. The molecule has 0 aliphatic carbocycles. The van der Waals surface area contributed by atoms with Crippen molar-refractivity contribution in [2.75, 3.05) is 0 Å². The maximum Gasteiger partial charge on any atom is 0.0946 e. The van der Waals surface area contributed by atoms with Crippen molar-refractivity contribution in [2.45, 2.75) is 6.04 Å². The van der Waals surface area contributed by atoms with Crippen molar-refractivity contribution in [3.8, 4) is 11.1 Å². The molecule has 172 valence electrons. The van der Waals surface area contributed by atoms with Crippen LogP contribution in [0.15, 0.2) is 134 Å². The smallest absolute Gasteiger partial charge is 0.0946 e. The first-order chi connectivity index (χ1) is 17.8. The Labute approximate surface area is 211 Å². The fourth-order valence-corrected chi connectivity index (χ4v) is 5.43. The van der Waals surface area contributed by atoms with E-state index in [4.69, 9.17) is 0 Å². The second kappa shape index (κ2) is 9.16. The predicted octanol–water partition coefficient (Wildman–Crippen LogP) is 8.66. The molecular weight excluding hydrogens is 436 g/mol. The number of rotatable bonds is 6. The molecule has 0 heterocycles. The molecule has 2 nitrogen and oxygen atoms in total. The lowest BCUT2D eigenvalue weighted by Crippen LogP contribution is -2.25. The molecule has 0 aliphatic rings. The Bertz CT molecular complexity index is 1690. The van der Waals surface area contributed by atoms with Crippen molar-refractivity contribution < 1.29 is 0 Å². The van der Waals surface area contributed by atoms with Crippen LogP contribution < -0.4 is 5.32 Å². The summed E-state index contributed by atoms with van der Waals surface area (Å²) in [5, 5.41) is 19.8. The van der Waals surface area contributed by atoms with Gasteiger partial charge < -0.3 is 10.7 Å². The summed E-state index contributed by atoms with van der Waals surface area (Å²) in [4.78, 5) is 0. The van der Waals surface area contributed by atoms with E-state index in [-0.39, 0.29) is 6.04 Å². The minimum absolute atomic E-state index is 0.368. The minimum Gasteiger partial charge on any atom is -0.379 e. The zero-order valence-electron chi connectivity index (χ0n) is 19.9. The van der Waals surface area contributed by atoms with Crippen LogP contribution in [0.5, 0.6) is 0 Å². The summed E-state index contributed by atoms with van der Waals surface area (Å²) in [6, 6.07) is 41.8. The summed E-state index contributed by atoms with van der Waals surface area (Å²) < 4.78 is 0. The first kappa shape index (κ1) is 21.8. The summed E-state index contributed by atoms with van der Waals surface area (Å²) in [5.41, 5.74) is 4.95. The second-order valence-corrected chi connectivity index (χ2v) is 8.99. The first-order valence-electron chi connectivity index (χ1n) is 12.2. The molecule has 0 aromatic heterocycles. The minimum atomic E-state index is -0.368. The maximum atomic E-state index is 9.47. The van der Waals surface area contributed by atoms with Gasteiger partial charge in [0, 0.05) is 5.56 Å². The number of hydrogen-bond acceptors (Lipinski definition) is 2. The van der Waals surface area contributed by atoms with Crippen LogP contribution in [-0.4, -0.2) is 5.71 Å². The van der Waals surface area contributed by atoms with Gasteiger partial charge in [0.05, 0.1) is 11.8 Å². The van der Waals surface area contributed by atoms with Crippen LogP contribution >= 0.6 is 0 Å². The monoisotopic (exact) mass is 462 g/mol. The molecule has 36 heavy (non-hydrogen) atoms. The third-order valence-electron chi connectivity index (χ3n) is 6.98. The average Bonchev–Trinajstić information content (AvgIpc) is 2.94. The van der Waals surface area contributed by atoms with E-state index in [0.29, 0.717) is 5.71 Å². The van der Waals surface area contributed by atoms with E-state index in [0.717, 1.165) is 32.7 Å². The van der Waals surface area contributed by atoms with E-state index in [2.05, 4.69) is 109 Å². The van der Waals surface area contributed by atoms with Gasteiger partial charge in [0.15, 0.2) is 0 Å². The molecule has 6 aromatic rings. The summed E-state index contributed by atoms with van der Waals surface area (Å²) in [5.74, 6) is 0. The lowest BCUT2D eigenvalue weighted by atomic mass is 9.83. The molecule has 0 fully saturated rings.